The van der Waals surface area contributed by atoms with Gasteiger partial charge in [0.05, 0.1) is 23.4 Å². The minimum absolute atomic E-state index is 0.215. The molecular formula is C10H5F5N4O2S. The standard InChI is InChI=1S/C10H5F5N4O2S/c11-6-5(7(12)9(14)10(15)8(6)13)1-4-22(20,21)18-19-3-2-16-17-19/h1-4,18H. The Morgan fingerprint density at radius 2 is 1.55 bits per heavy atom. The average molecular weight is 340 g/mol. The fourth-order valence-corrected chi connectivity index (χ4v) is 2.08. The van der Waals surface area contributed by atoms with Gasteiger partial charge in [0, 0.05) is 0 Å². The molecule has 6 nitrogen and oxygen atoms in total. The molecule has 2 rings (SSSR count). The highest BCUT2D eigenvalue weighted by Gasteiger charge is 2.24. The van der Waals surface area contributed by atoms with Crippen LogP contribution < -0.4 is 4.83 Å². The van der Waals surface area contributed by atoms with Crippen LogP contribution in [0.15, 0.2) is 17.8 Å². The van der Waals surface area contributed by atoms with Crippen molar-refractivity contribution >= 4 is 16.1 Å². The maximum Gasteiger partial charge on any atom is 0.269 e. The summed E-state index contributed by atoms with van der Waals surface area (Å²) in [6, 6.07) is 0. The Labute approximate surface area is 119 Å². The first-order valence-corrected chi connectivity index (χ1v) is 6.86. The number of hydrogen-bond donors (Lipinski definition) is 1. The molecule has 1 aromatic heterocycles. The summed E-state index contributed by atoms with van der Waals surface area (Å²) in [7, 11) is -4.31. The van der Waals surface area contributed by atoms with E-state index in [-0.39, 0.29) is 11.5 Å². The zero-order valence-corrected chi connectivity index (χ0v) is 11.1. The SMILES string of the molecule is O=S(=O)(C=Cc1c(F)c(F)c(F)c(F)c1F)Nn1ccnn1. The van der Waals surface area contributed by atoms with Crippen molar-refractivity contribution in [3.05, 3.63) is 52.5 Å². The summed E-state index contributed by atoms with van der Waals surface area (Å²) < 4.78 is 88.5. The number of halogens is 5. The lowest BCUT2D eigenvalue weighted by molar-refractivity contribution is 0.377. The van der Waals surface area contributed by atoms with E-state index in [1.165, 1.54) is 0 Å². The van der Waals surface area contributed by atoms with Crippen LogP contribution in [0.4, 0.5) is 22.0 Å². The number of nitrogens with one attached hydrogen (secondary N) is 1. The third-order valence-electron chi connectivity index (χ3n) is 2.30. The van der Waals surface area contributed by atoms with E-state index in [4.69, 9.17) is 0 Å². The Balaban J connectivity index is 2.38. The summed E-state index contributed by atoms with van der Waals surface area (Å²) in [5.74, 6) is -11.0. The van der Waals surface area contributed by atoms with Gasteiger partial charge >= 0.3 is 0 Å². The fraction of sp³-hybridized carbons (Fsp3) is 0. The summed E-state index contributed by atoms with van der Waals surface area (Å²) >= 11 is 0. The summed E-state index contributed by atoms with van der Waals surface area (Å²) in [6.45, 7) is 0. The van der Waals surface area contributed by atoms with E-state index in [2.05, 4.69) is 10.3 Å². The van der Waals surface area contributed by atoms with Gasteiger partial charge < -0.3 is 0 Å². The van der Waals surface area contributed by atoms with Crippen molar-refractivity contribution in [3.63, 3.8) is 0 Å². The monoisotopic (exact) mass is 340 g/mol. The number of sulfonamides is 1. The third-order valence-corrected chi connectivity index (χ3v) is 3.24. The van der Waals surface area contributed by atoms with Crippen LogP contribution in [-0.4, -0.2) is 23.5 Å². The Bertz CT molecular complexity index is 806. The molecule has 118 valence electrons. The van der Waals surface area contributed by atoms with Gasteiger partial charge in [0.1, 0.15) is 0 Å². The van der Waals surface area contributed by atoms with Gasteiger partial charge in [-0.05, 0) is 11.3 Å². The van der Waals surface area contributed by atoms with Crippen LogP contribution in [0, 0.1) is 29.1 Å². The highest BCUT2D eigenvalue weighted by molar-refractivity contribution is 7.95. The van der Waals surface area contributed by atoms with E-state index in [0.717, 1.165) is 12.4 Å². The maximum atomic E-state index is 13.3. The molecule has 0 spiro atoms. The van der Waals surface area contributed by atoms with Crippen molar-refractivity contribution in [1.29, 1.82) is 0 Å². The molecule has 0 bridgehead atoms. The molecule has 1 aromatic carbocycles. The van der Waals surface area contributed by atoms with Gasteiger partial charge in [0.2, 0.25) is 5.82 Å². The van der Waals surface area contributed by atoms with Gasteiger partial charge in [-0.1, -0.05) is 0 Å². The van der Waals surface area contributed by atoms with Crippen molar-refractivity contribution in [2.45, 2.75) is 0 Å². The second-order valence-corrected chi connectivity index (χ2v) is 5.32. The molecule has 0 aliphatic carbocycles. The predicted octanol–water partition coefficient (Wildman–Crippen LogP) is 1.52. The van der Waals surface area contributed by atoms with E-state index < -0.39 is 44.7 Å². The van der Waals surface area contributed by atoms with Gasteiger partial charge in [-0.15, -0.1) is 5.10 Å². The largest absolute Gasteiger partial charge is 0.269 e. The number of rotatable bonds is 4. The second kappa shape index (κ2) is 5.71. The lowest BCUT2D eigenvalue weighted by Gasteiger charge is -2.05. The van der Waals surface area contributed by atoms with Gasteiger partial charge in [-0.2, -0.15) is 9.62 Å². The molecule has 0 saturated heterocycles. The Morgan fingerprint density at radius 3 is 2.05 bits per heavy atom. The van der Waals surface area contributed by atoms with Crippen LogP contribution >= 0.6 is 0 Å². The van der Waals surface area contributed by atoms with E-state index >= 15 is 0 Å². The van der Waals surface area contributed by atoms with E-state index in [1.807, 2.05) is 0 Å². The highest BCUT2D eigenvalue weighted by atomic mass is 32.2. The van der Waals surface area contributed by atoms with Gasteiger partial charge in [0.15, 0.2) is 23.3 Å². The number of nitrogens with zero attached hydrogens (tertiary/aromatic N) is 3. The third kappa shape index (κ3) is 3.05. The first-order chi connectivity index (χ1) is 10.2. The van der Waals surface area contributed by atoms with E-state index in [9.17, 15) is 30.4 Å². The Kier molecular flexibility index (Phi) is 4.12. The maximum absolute atomic E-state index is 13.3. The summed E-state index contributed by atoms with van der Waals surface area (Å²) in [5.41, 5.74) is -1.39. The summed E-state index contributed by atoms with van der Waals surface area (Å²) in [4.78, 5) is 2.42. The van der Waals surface area contributed by atoms with Crippen LogP contribution in [0.1, 0.15) is 5.56 Å². The van der Waals surface area contributed by atoms with Crippen LogP contribution in [-0.2, 0) is 10.0 Å². The average Bonchev–Trinajstić information content (AvgIpc) is 2.95. The van der Waals surface area contributed by atoms with Crippen molar-refractivity contribution in [1.82, 2.24) is 15.1 Å². The first kappa shape index (κ1) is 15.9. The molecule has 0 unspecified atom stereocenters. The molecule has 0 aliphatic rings. The van der Waals surface area contributed by atoms with Crippen LogP contribution in [0.3, 0.4) is 0 Å². The van der Waals surface area contributed by atoms with Crippen molar-refractivity contribution in [2.24, 2.45) is 0 Å². The molecule has 2 aromatic rings. The molecule has 0 radical (unpaired) electrons. The Hall–Kier alpha value is -2.50. The minimum Gasteiger partial charge on any atom is -0.203 e. The minimum atomic E-state index is -4.31. The number of aromatic nitrogens is 3. The van der Waals surface area contributed by atoms with Gasteiger partial charge in [0.25, 0.3) is 10.0 Å². The Morgan fingerprint density at radius 1 is 1.00 bits per heavy atom. The number of benzene rings is 1. The molecule has 22 heavy (non-hydrogen) atoms. The lowest BCUT2D eigenvalue weighted by atomic mass is 10.1. The van der Waals surface area contributed by atoms with Crippen molar-refractivity contribution < 1.29 is 30.4 Å². The molecule has 1 heterocycles. The van der Waals surface area contributed by atoms with E-state index in [0.29, 0.717) is 4.79 Å². The summed E-state index contributed by atoms with van der Waals surface area (Å²) in [5, 5.41) is 6.76. The fourth-order valence-electron chi connectivity index (χ4n) is 1.34. The van der Waals surface area contributed by atoms with Gasteiger partial charge in [-0.3, -0.25) is 0 Å². The van der Waals surface area contributed by atoms with Gasteiger partial charge in [-0.25, -0.2) is 30.4 Å². The lowest BCUT2D eigenvalue weighted by Crippen LogP contribution is -2.21. The molecule has 0 amide bonds. The van der Waals surface area contributed by atoms with Crippen molar-refractivity contribution in [3.8, 4) is 0 Å². The summed E-state index contributed by atoms with van der Waals surface area (Å²) in [6.07, 6.45) is 2.47. The molecule has 1 N–H and O–H groups in total. The van der Waals surface area contributed by atoms with E-state index in [1.54, 1.807) is 4.83 Å². The molecule has 0 aliphatic heterocycles. The van der Waals surface area contributed by atoms with Crippen molar-refractivity contribution in [2.75, 3.05) is 4.83 Å². The molecule has 12 heteroatoms. The molecule has 0 fully saturated rings. The zero-order valence-electron chi connectivity index (χ0n) is 10.3. The molecule has 0 atom stereocenters. The number of hydrogen-bond acceptors (Lipinski definition) is 4. The smallest absolute Gasteiger partial charge is 0.203 e. The topological polar surface area (TPSA) is 76.9 Å². The first-order valence-electron chi connectivity index (χ1n) is 5.31. The van der Waals surface area contributed by atoms with Crippen LogP contribution in [0.2, 0.25) is 0 Å². The second-order valence-electron chi connectivity index (χ2n) is 3.77. The molecular weight excluding hydrogens is 335 g/mol. The normalized spacial score (nSPS) is 12.0. The highest BCUT2D eigenvalue weighted by Crippen LogP contribution is 2.24. The quantitative estimate of drug-likeness (QED) is 0.520. The zero-order chi connectivity index (χ0) is 16.5. The predicted molar refractivity (Wildman–Crippen MR) is 63.6 cm³/mol. The van der Waals surface area contributed by atoms with Crippen LogP contribution in [0.25, 0.3) is 6.08 Å². The molecule has 0 saturated carbocycles. The van der Waals surface area contributed by atoms with Crippen LogP contribution in [0.5, 0.6) is 0 Å².